The number of carbonyl (C=O) groups excluding carboxylic acids is 1. The highest BCUT2D eigenvalue weighted by atomic mass is 127. The van der Waals surface area contributed by atoms with Crippen LogP contribution in [-0.2, 0) is 10.8 Å². The Hall–Kier alpha value is -0.140. The summed E-state index contributed by atoms with van der Waals surface area (Å²) in [4.78, 5) is 11.9. The Balaban J connectivity index is 2.70. The SMILES string of the molecule is CC(CNC(=O)c1cc(Cl)ccc1I)S(C)=O. The van der Waals surface area contributed by atoms with Crippen LogP contribution in [0.1, 0.15) is 17.3 Å². The highest BCUT2D eigenvalue weighted by Gasteiger charge is 2.12. The first-order valence-electron chi connectivity index (χ1n) is 4.97. The normalized spacial score (nSPS) is 14.1. The summed E-state index contributed by atoms with van der Waals surface area (Å²) < 4.78 is 12.0. The topological polar surface area (TPSA) is 46.2 Å². The van der Waals surface area contributed by atoms with Crippen LogP contribution in [0.3, 0.4) is 0 Å². The molecule has 2 atom stereocenters. The molecule has 94 valence electrons. The monoisotopic (exact) mass is 385 g/mol. The van der Waals surface area contributed by atoms with E-state index in [1.54, 1.807) is 24.5 Å². The predicted octanol–water partition coefficient (Wildman–Crippen LogP) is 2.44. The molecule has 0 bridgehead atoms. The molecule has 1 aromatic rings. The van der Waals surface area contributed by atoms with Gasteiger partial charge in [0.05, 0.1) is 5.56 Å². The van der Waals surface area contributed by atoms with Crippen molar-refractivity contribution < 1.29 is 9.00 Å². The maximum absolute atomic E-state index is 11.9. The third-order valence-corrected chi connectivity index (χ3v) is 4.77. The van der Waals surface area contributed by atoms with Gasteiger partial charge in [-0.05, 0) is 47.7 Å². The van der Waals surface area contributed by atoms with Crippen LogP contribution in [0.2, 0.25) is 5.02 Å². The second kappa shape index (κ2) is 6.70. The number of carbonyl (C=O) groups is 1. The average Bonchev–Trinajstić information content (AvgIpc) is 2.28. The van der Waals surface area contributed by atoms with Gasteiger partial charge in [0, 0.05) is 37.4 Å². The molecule has 3 nitrogen and oxygen atoms in total. The van der Waals surface area contributed by atoms with Crippen molar-refractivity contribution >= 4 is 50.9 Å². The molecule has 1 rings (SSSR count). The third kappa shape index (κ3) is 4.56. The van der Waals surface area contributed by atoms with Crippen molar-refractivity contribution in [2.24, 2.45) is 0 Å². The van der Waals surface area contributed by atoms with Gasteiger partial charge in [-0.3, -0.25) is 9.00 Å². The highest BCUT2D eigenvalue weighted by molar-refractivity contribution is 14.1. The number of halogens is 2. The number of hydrogen-bond donors (Lipinski definition) is 1. The van der Waals surface area contributed by atoms with Gasteiger partial charge in [0.15, 0.2) is 0 Å². The molecule has 2 unspecified atom stereocenters. The van der Waals surface area contributed by atoms with E-state index in [9.17, 15) is 9.00 Å². The number of rotatable bonds is 4. The summed E-state index contributed by atoms with van der Waals surface area (Å²) >= 11 is 7.93. The van der Waals surface area contributed by atoms with E-state index < -0.39 is 10.8 Å². The molecule has 1 aromatic carbocycles. The quantitative estimate of drug-likeness (QED) is 0.809. The predicted molar refractivity (Wildman–Crippen MR) is 80.0 cm³/mol. The Morgan fingerprint density at radius 2 is 2.24 bits per heavy atom. The van der Waals surface area contributed by atoms with Gasteiger partial charge >= 0.3 is 0 Å². The zero-order valence-corrected chi connectivity index (χ0v) is 13.2. The lowest BCUT2D eigenvalue weighted by molar-refractivity contribution is 0.0953. The second-order valence-corrected chi connectivity index (χ2v) is 7.04. The molecule has 0 saturated carbocycles. The molecule has 0 heterocycles. The van der Waals surface area contributed by atoms with Crippen molar-refractivity contribution in [2.45, 2.75) is 12.2 Å². The summed E-state index contributed by atoms with van der Waals surface area (Å²) in [5.41, 5.74) is 0.548. The average molecular weight is 386 g/mol. The van der Waals surface area contributed by atoms with E-state index in [0.717, 1.165) is 3.57 Å². The van der Waals surface area contributed by atoms with Crippen molar-refractivity contribution in [2.75, 3.05) is 12.8 Å². The Morgan fingerprint density at radius 1 is 1.59 bits per heavy atom. The molecule has 0 aliphatic heterocycles. The van der Waals surface area contributed by atoms with Gasteiger partial charge in [0.1, 0.15) is 0 Å². The van der Waals surface area contributed by atoms with Crippen LogP contribution < -0.4 is 5.32 Å². The van der Waals surface area contributed by atoms with Crippen molar-refractivity contribution in [3.8, 4) is 0 Å². The summed E-state index contributed by atoms with van der Waals surface area (Å²) in [5, 5.41) is 3.22. The second-order valence-electron chi connectivity index (χ2n) is 3.64. The molecule has 0 aliphatic rings. The maximum atomic E-state index is 11.9. The minimum atomic E-state index is -0.936. The standard InChI is InChI=1S/C11H13ClINO2S/c1-7(17(2)16)6-14-11(15)9-5-8(12)3-4-10(9)13/h3-5,7H,6H2,1-2H3,(H,14,15). The van der Waals surface area contributed by atoms with Gasteiger partial charge in [-0.15, -0.1) is 0 Å². The molecule has 1 N–H and O–H groups in total. The highest BCUT2D eigenvalue weighted by Crippen LogP contribution is 2.17. The Bertz CT molecular complexity index is 453. The van der Waals surface area contributed by atoms with Crippen LogP contribution in [0.25, 0.3) is 0 Å². The van der Waals surface area contributed by atoms with Crippen molar-refractivity contribution in [1.82, 2.24) is 5.32 Å². The van der Waals surface area contributed by atoms with Crippen molar-refractivity contribution in [3.05, 3.63) is 32.4 Å². The molecule has 0 saturated heterocycles. The number of hydrogen-bond acceptors (Lipinski definition) is 2. The third-order valence-electron chi connectivity index (χ3n) is 2.29. The molecule has 0 spiro atoms. The molecular formula is C11H13ClINO2S. The van der Waals surface area contributed by atoms with Crippen LogP contribution in [0.5, 0.6) is 0 Å². The summed E-state index contributed by atoms with van der Waals surface area (Å²) in [5.74, 6) is -0.186. The fraction of sp³-hybridized carbons (Fsp3) is 0.364. The molecule has 0 aromatic heterocycles. The van der Waals surface area contributed by atoms with E-state index in [1.165, 1.54) is 0 Å². The minimum absolute atomic E-state index is 0.0594. The van der Waals surface area contributed by atoms with Gasteiger partial charge in [-0.2, -0.15) is 0 Å². The van der Waals surface area contributed by atoms with Crippen LogP contribution in [0.4, 0.5) is 0 Å². The van der Waals surface area contributed by atoms with Crippen molar-refractivity contribution in [1.29, 1.82) is 0 Å². The van der Waals surface area contributed by atoms with Crippen LogP contribution in [0.15, 0.2) is 18.2 Å². The Labute approximate surface area is 122 Å². The molecule has 0 fully saturated rings. The maximum Gasteiger partial charge on any atom is 0.252 e. The van der Waals surface area contributed by atoms with Crippen LogP contribution in [0, 0.1) is 3.57 Å². The minimum Gasteiger partial charge on any atom is -0.351 e. The zero-order chi connectivity index (χ0) is 13.0. The van der Waals surface area contributed by atoms with Crippen LogP contribution in [-0.4, -0.2) is 28.2 Å². The fourth-order valence-corrected chi connectivity index (χ4v) is 2.19. The summed E-state index contributed by atoms with van der Waals surface area (Å²) in [6, 6.07) is 5.16. The van der Waals surface area contributed by atoms with Crippen molar-refractivity contribution in [3.63, 3.8) is 0 Å². The van der Waals surface area contributed by atoms with E-state index in [1.807, 2.05) is 6.92 Å². The fourth-order valence-electron chi connectivity index (χ4n) is 1.12. The zero-order valence-electron chi connectivity index (χ0n) is 9.50. The van der Waals surface area contributed by atoms with E-state index in [4.69, 9.17) is 11.6 Å². The first-order chi connectivity index (χ1) is 7.91. The van der Waals surface area contributed by atoms with Gasteiger partial charge in [-0.25, -0.2) is 0 Å². The first kappa shape index (κ1) is 14.9. The summed E-state index contributed by atoms with van der Waals surface area (Å²) in [7, 11) is -0.936. The lowest BCUT2D eigenvalue weighted by Gasteiger charge is -2.11. The van der Waals surface area contributed by atoms with Gasteiger partial charge < -0.3 is 5.32 Å². The van der Waals surface area contributed by atoms with Crippen LogP contribution >= 0.6 is 34.2 Å². The van der Waals surface area contributed by atoms with Gasteiger partial charge in [-0.1, -0.05) is 11.6 Å². The first-order valence-corrected chi connectivity index (χ1v) is 8.05. The summed E-state index contributed by atoms with van der Waals surface area (Å²) in [6.07, 6.45) is 1.62. The lowest BCUT2D eigenvalue weighted by Crippen LogP contribution is -2.32. The van der Waals surface area contributed by atoms with E-state index >= 15 is 0 Å². The Morgan fingerprint density at radius 3 is 2.82 bits per heavy atom. The van der Waals surface area contributed by atoms with Gasteiger partial charge in [0.25, 0.3) is 5.91 Å². The van der Waals surface area contributed by atoms with E-state index in [-0.39, 0.29) is 11.2 Å². The molecule has 17 heavy (non-hydrogen) atoms. The molecule has 0 aliphatic carbocycles. The number of benzene rings is 1. The van der Waals surface area contributed by atoms with Gasteiger partial charge in [0.2, 0.25) is 0 Å². The Kier molecular flexibility index (Phi) is 5.88. The molecular weight excluding hydrogens is 373 g/mol. The summed E-state index contributed by atoms with van der Waals surface area (Å²) in [6.45, 7) is 2.23. The lowest BCUT2D eigenvalue weighted by atomic mass is 10.2. The van der Waals surface area contributed by atoms with E-state index in [0.29, 0.717) is 17.1 Å². The number of amides is 1. The number of nitrogens with one attached hydrogen (secondary N) is 1. The largest absolute Gasteiger partial charge is 0.351 e. The molecule has 1 amide bonds. The molecule has 6 heteroatoms. The smallest absolute Gasteiger partial charge is 0.252 e. The van der Waals surface area contributed by atoms with E-state index in [2.05, 4.69) is 27.9 Å². The molecule has 0 radical (unpaired) electrons.